The van der Waals surface area contributed by atoms with Crippen LogP contribution in [0.3, 0.4) is 0 Å². The van der Waals surface area contributed by atoms with Crippen LogP contribution in [0.15, 0.2) is 57.7 Å². The van der Waals surface area contributed by atoms with Crippen LogP contribution >= 0.6 is 0 Å². The van der Waals surface area contributed by atoms with Crippen LogP contribution in [0.25, 0.3) is 23.1 Å². The van der Waals surface area contributed by atoms with E-state index >= 15 is 0 Å². The van der Waals surface area contributed by atoms with E-state index in [0.717, 1.165) is 22.2 Å². The van der Waals surface area contributed by atoms with Gasteiger partial charge >= 0.3 is 5.63 Å². The van der Waals surface area contributed by atoms with Gasteiger partial charge in [-0.25, -0.2) is 4.79 Å². The van der Waals surface area contributed by atoms with E-state index in [4.69, 9.17) is 4.42 Å². The van der Waals surface area contributed by atoms with Crippen LogP contribution in [-0.4, -0.2) is 19.2 Å². The van der Waals surface area contributed by atoms with Crippen molar-refractivity contribution in [2.24, 2.45) is 0 Å². The van der Waals surface area contributed by atoms with Crippen molar-refractivity contribution >= 4 is 28.8 Å². The Bertz CT molecular complexity index is 937. The van der Waals surface area contributed by atoms with Gasteiger partial charge in [0.2, 0.25) is 0 Å². The predicted octanol–water partition coefficient (Wildman–Crippen LogP) is 3.52. The van der Waals surface area contributed by atoms with Crippen molar-refractivity contribution in [2.45, 2.75) is 6.61 Å². The van der Waals surface area contributed by atoms with Gasteiger partial charge in [-0.3, -0.25) is 0 Å². The van der Waals surface area contributed by atoms with Gasteiger partial charge < -0.3 is 14.4 Å². The molecule has 0 atom stereocenters. The molecular formula is C20H19NO3. The summed E-state index contributed by atoms with van der Waals surface area (Å²) >= 11 is 0. The summed E-state index contributed by atoms with van der Waals surface area (Å²) in [6.45, 7) is -0.185. The minimum atomic E-state index is -0.452. The number of aliphatic hydroxyl groups excluding tert-OH is 1. The number of rotatable bonds is 4. The Balaban J connectivity index is 1.91. The number of nitrogens with zero attached hydrogens (tertiary/aromatic N) is 1. The van der Waals surface area contributed by atoms with Crippen molar-refractivity contribution in [3.63, 3.8) is 0 Å². The molecule has 0 saturated heterocycles. The number of benzene rings is 2. The van der Waals surface area contributed by atoms with E-state index in [1.807, 2.05) is 38.4 Å². The van der Waals surface area contributed by atoms with Crippen molar-refractivity contribution in [2.75, 3.05) is 19.0 Å². The third kappa shape index (κ3) is 3.39. The number of hydrogen-bond donors (Lipinski definition) is 1. The second kappa shape index (κ2) is 6.72. The van der Waals surface area contributed by atoms with Gasteiger partial charge in [0.15, 0.2) is 0 Å². The fourth-order valence-corrected chi connectivity index (χ4v) is 2.56. The van der Waals surface area contributed by atoms with Crippen molar-refractivity contribution < 1.29 is 9.52 Å². The van der Waals surface area contributed by atoms with E-state index in [9.17, 15) is 9.90 Å². The molecule has 24 heavy (non-hydrogen) atoms. The Morgan fingerprint density at radius 1 is 1.00 bits per heavy atom. The van der Waals surface area contributed by atoms with E-state index in [1.54, 1.807) is 6.07 Å². The highest BCUT2D eigenvalue weighted by molar-refractivity contribution is 5.84. The lowest BCUT2D eigenvalue weighted by atomic mass is 10.1. The number of anilines is 1. The summed E-state index contributed by atoms with van der Waals surface area (Å²) in [5.41, 5.74) is 3.78. The summed E-state index contributed by atoms with van der Waals surface area (Å²) < 4.78 is 5.23. The summed E-state index contributed by atoms with van der Waals surface area (Å²) in [4.78, 5) is 13.6. The molecule has 0 radical (unpaired) electrons. The van der Waals surface area contributed by atoms with Crippen molar-refractivity contribution in [3.8, 4) is 0 Å². The summed E-state index contributed by atoms with van der Waals surface area (Å²) in [6, 6.07) is 15.2. The number of aliphatic hydroxyl groups is 1. The summed E-state index contributed by atoms with van der Waals surface area (Å²) in [6.07, 6.45) is 3.98. The van der Waals surface area contributed by atoms with Gasteiger partial charge in [-0.2, -0.15) is 0 Å². The van der Waals surface area contributed by atoms with Crippen LogP contribution in [0, 0.1) is 0 Å². The molecule has 0 aliphatic carbocycles. The molecule has 3 rings (SSSR count). The molecular weight excluding hydrogens is 302 g/mol. The fraction of sp³-hybridized carbons (Fsp3) is 0.150. The molecule has 0 aliphatic heterocycles. The van der Waals surface area contributed by atoms with Gasteiger partial charge in [0.25, 0.3) is 0 Å². The van der Waals surface area contributed by atoms with Crippen LogP contribution in [0.2, 0.25) is 0 Å². The number of hydrogen-bond acceptors (Lipinski definition) is 4. The molecule has 0 bridgehead atoms. The molecule has 0 aliphatic rings. The first-order valence-electron chi connectivity index (χ1n) is 7.70. The van der Waals surface area contributed by atoms with Gasteiger partial charge in [0, 0.05) is 31.2 Å². The Morgan fingerprint density at radius 2 is 1.67 bits per heavy atom. The lowest BCUT2D eigenvalue weighted by molar-refractivity contribution is 0.282. The molecule has 0 amide bonds. The standard InChI is InChI=1S/C20H19NO3/c1-21(2)17-8-5-14(6-9-17)3-4-15-7-10-18-16(13-22)12-20(23)24-19(18)11-15/h3-12,22H,13H2,1-2H3/b4-3+. The van der Waals surface area contributed by atoms with E-state index < -0.39 is 5.63 Å². The van der Waals surface area contributed by atoms with E-state index in [1.165, 1.54) is 6.07 Å². The fourth-order valence-electron chi connectivity index (χ4n) is 2.56. The second-order valence-corrected chi connectivity index (χ2v) is 5.82. The number of fused-ring (bicyclic) bond motifs is 1. The lowest BCUT2D eigenvalue weighted by Gasteiger charge is -2.11. The van der Waals surface area contributed by atoms with E-state index in [2.05, 4.69) is 29.2 Å². The predicted molar refractivity (Wildman–Crippen MR) is 98.1 cm³/mol. The van der Waals surface area contributed by atoms with Crippen molar-refractivity contribution in [1.82, 2.24) is 0 Å². The highest BCUT2D eigenvalue weighted by atomic mass is 16.4. The third-order valence-electron chi connectivity index (χ3n) is 3.90. The first-order chi connectivity index (χ1) is 11.6. The van der Waals surface area contributed by atoms with Crippen LogP contribution in [-0.2, 0) is 6.61 Å². The second-order valence-electron chi connectivity index (χ2n) is 5.82. The van der Waals surface area contributed by atoms with Gasteiger partial charge in [0.05, 0.1) is 6.61 Å². The molecule has 0 spiro atoms. The van der Waals surface area contributed by atoms with Gasteiger partial charge in [-0.15, -0.1) is 0 Å². The Morgan fingerprint density at radius 3 is 2.33 bits per heavy atom. The molecule has 0 unspecified atom stereocenters. The Kier molecular flexibility index (Phi) is 4.49. The summed E-state index contributed by atoms with van der Waals surface area (Å²) in [7, 11) is 4.02. The molecule has 0 saturated carbocycles. The summed E-state index contributed by atoms with van der Waals surface area (Å²) in [5.74, 6) is 0. The zero-order chi connectivity index (χ0) is 17.1. The minimum Gasteiger partial charge on any atom is -0.423 e. The maximum Gasteiger partial charge on any atom is 0.336 e. The van der Waals surface area contributed by atoms with Crippen LogP contribution in [0.1, 0.15) is 16.7 Å². The Hall–Kier alpha value is -2.85. The molecule has 1 heterocycles. The highest BCUT2D eigenvalue weighted by Gasteiger charge is 2.05. The first-order valence-corrected chi connectivity index (χ1v) is 7.70. The highest BCUT2D eigenvalue weighted by Crippen LogP contribution is 2.20. The van der Waals surface area contributed by atoms with Crippen LogP contribution < -0.4 is 10.5 Å². The monoisotopic (exact) mass is 321 g/mol. The largest absolute Gasteiger partial charge is 0.423 e. The summed E-state index contributed by atoms with van der Waals surface area (Å²) in [5, 5.41) is 10.1. The molecule has 1 N–H and O–H groups in total. The molecule has 4 nitrogen and oxygen atoms in total. The van der Waals surface area contributed by atoms with Gasteiger partial charge in [0.1, 0.15) is 5.58 Å². The maximum atomic E-state index is 11.5. The average molecular weight is 321 g/mol. The third-order valence-corrected chi connectivity index (χ3v) is 3.90. The van der Waals surface area contributed by atoms with Crippen molar-refractivity contribution in [1.29, 1.82) is 0 Å². The first kappa shape index (κ1) is 16.0. The minimum absolute atomic E-state index is 0.185. The molecule has 4 heteroatoms. The smallest absolute Gasteiger partial charge is 0.336 e. The van der Waals surface area contributed by atoms with Gasteiger partial charge in [-0.05, 0) is 34.9 Å². The lowest BCUT2D eigenvalue weighted by Crippen LogP contribution is -2.07. The molecule has 3 aromatic rings. The maximum absolute atomic E-state index is 11.5. The van der Waals surface area contributed by atoms with Crippen molar-refractivity contribution in [3.05, 3.63) is 75.6 Å². The zero-order valence-electron chi connectivity index (χ0n) is 13.7. The molecule has 2 aromatic carbocycles. The topological polar surface area (TPSA) is 53.7 Å². The van der Waals surface area contributed by atoms with E-state index in [0.29, 0.717) is 11.1 Å². The van der Waals surface area contributed by atoms with Crippen LogP contribution in [0.4, 0.5) is 5.69 Å². The average Bonchev–Trinajstić information content (AvgIpc) is 2.59. The molecule has 122 valence electrons. The normalized spacial score (nSPS) is 11.3. The quantitative estimate of drug-likeness (QED) is 0.590. The molecule has 0 fully saturated rings. The molecule has 1 aromatic heterocycles. The van der Waals surface area contributed by atoms with E-state index in [-0.39, 0.29) is 6.61 Å². The van der Waals surface area contributed by atoms with Crippen LogP contribution in [0.5, 0.6) is 0 Å². The zero-order valence-corrected chi connectivity index (χ0v) is 13.7. The SMILES string of the molecule is CN(C)c1ccc(/C=C/c2ccc3c(CO)cc(=O)oc3c2)cc1. The van der Waals surface area contributed by atoms with Gasteiger partial charge in [-0.1, -0.05) is 36.4 Å². The Labute approximate surface area is 140 Å².